The maximum atomic E-state index is 13.5. The molecule has 0 fully saturated rings. The van der Waals surface area contributed by atoms with Crippen LogP contribution in [-0.4, -0.2) is 63.1 Å². The number of aromatic hydroxyl groups is 1. The van der Waals surface area contributed by atoms with E-state index in [9.17, 15) is 29.4 Å². The van der Waals surface area contributed by atoms with Gasteiger partial charge in [0, 0.05) is 23.5 Å². The molecule has 0 saturated heterocycles. The molecule has 0 aliphatic carbocycles. The van der Waals surface area contributed by atoms with Crippen molar-refractivity contribution in [1.82, 2.24) is 20.9 Å². The SMILES string of the molecule is CC(C)CC(NC(=O)C(N)Cc1c[nH]c2ccccc12)C(=O)NC(Cc1ccc(O)cc1)C(=O)NC(C(=O)O)C(C)C. The summed E-state index contributed by atoms with van der Waals surface area (Å²) in [6, 6.07) is 9.59. The molecular weight excluding hydrogens is 538 g/mol. The number of carbonyl (C=O) groups excluding carboxylic acids is 3. The van der Waals surface area contributed by atoms with E-state index in [0.29, 0.717) is 5.56 Å². The van der Waals surface area contributed by atoms with Gasteiger partial charge in [0.25, 0.3) is 0 Å². The number of nitrogens with one attached hydrogen (secondary N) is 4. The highest BCUT2D eigenvalue weighted by molar-refractivity contribution is 5.94. The predicted molar refractivity (Wildman–Crippen MR) is 160 cm³/mol. The average molecular weight is 580 g/mol. The molecule has 0 aliphatic rings. The van der Waals surface area contributed by atoms with Gasteiger partial charge in [-0.05, 0) is 54.0 Å². The minimum Gasteiger partial charge on any atom is -0.508 e. The highest BCUT2D eigenvalue weighted by Crippen LogP contribution is 2.19. The summed E-state index contributed by atoms with van der Waals surface area (Å²) >= 11 is 0. The Morgan fingerprint density at radius 1 is 0.833 bits per heavy atom. The first-order valence-corrected chi connectivity index (χ1v) is 14.1. The van der Waals surface area contributed by atoms with Gasteiger partial charge >= 0.3 is 5.97 Å². The van der Waals surface area contributed by atoms with Gasteiger partial charge in [-0.25, -0.2) is 4.79 Å². The summed E-state index contributed by atoms with van der Waals surface area (Å²) in [5.41, 5.74) is 8.70. The van der Waals surface area contributed by atoms with E-state index < -0.39 is 53.8 Å². The van der Waals surface area contributed by atoms with Crippen molar-refractivity contribution in [3.8, 4) is 5.75 Å². The third-order valence-electron chi connectivity index (χ3n) is 7.03. The van der Waals surface area contributed by atoms with E-state index in [4.69, 9.17) is 5.73 Å². The number of aromatic nitrogens is 1. The van der Waals surface area contributed by atoms with Gasteiger partial charge in [0.2, 0.25) is 17.7 Å². The van der Waals surface area contributed by atoms with Gasteiger partial charge < -0.3 is 36.9 Å². The Bertz CT molecular complexity index is 1380. The van der Waals surface area contributed by atoms with Gasteiger partial charge in [0.05, 0.1) is 6.04 Å². The number of hydrogen-bond acceptors (Lipinski definition) is 6. The molecule has 4 atom stereocenters. The number of rotatable bonds is 14. The molecule has 11 heteroatoms. The minimum absolute atomic E-state index is 0.0209. The minimum atomic E-state index is -1.19. The van der Waals surface area contributed by atoms with Gasteiger partial charge in [-0.15, -0.1) is 0 Å². The van der Waals surface area contributed by atoms with Crippen molar-refractivity contribution in [2.24, 2.45) is 17.6 Å². The molecule has 0 radical (unpaired) electrons. The van der Waals surface area contributed by atoms with E-state index in [1.807, 2.05) is 44.3 Å². The van der Waals surface area contributed by atoms with E-state index in [2.05, 4.69) is 20.9 Å². The molecule has 0 saturated carbocycles. The number of aromatic amines is 1. The normalized spacial score (nSPS) is 14.3. The Morgan fingerprint density at radius 3 is 2.07 bits per heavy atom. The molecule has 3 amide bonds. The molecule has 3 aromatic rings. The zero-order valence-electron chi connectivity index (χ0n) is 24.4. The number of hydrogen-bond donors (Lipinski definition) is 7. The number of amides is 3. The molecule has 1 heterocycles. The Balaban J connectivity index is 1.77. The number of H-pyrrole nitrogens is 1. The van der Waals surface area contributed by atoms with Crippen molar-refractivity contribution in [2.45, 2.75) is 71.1 Å². The van der Waals surface area contributed by atoms with Gasteiger partial charge in [-0.2, -0.15) is 0 Å². The third kappa shape index (κ3) is 8.81. The van der Waals surface area contributed by atoms with E-state index in [-0.39, 0.29) is 30.9 Å². The molecule has 0 bridgehead atoms. The average Bonchev–Trinajstić information content (AvgIpc) is 3.33. The molecule has 3 rings (SSSR count). The fourth-order valence-electron chi connectivity index (χ4n) is 4.73. The zero-order chi connectivity index (χ0) is 31.0. The maximum absolute atomic E-state index is 13.5. The van der Waals surface area contributed by atoms with E-state index >= 15 is 0 Å². The molecule has 2 aromatic carbocycles. The topological polar surface area (TPSA) is 187 Å². The number of carbonyl (C=O) groups is 4. The Hall–Kier alpha value is -4.38. The van der Waals surface area contributed by atoms with Crippen LogP contribution in [0.1, 0.15) is 45.2 Å². The lowest BCUT2D eigenvalue weighted by Gasteiger charge is -2.27. The Kier molecular flexibility index (Phi) is 11.1. The lowest BCUT2D eigenvalue weighted by atomic mass is 9.99. The number of phenolic OH excluding ortho intramolecular Hbond substituents is 1. The number of carboxylic acids is 1. The van der Waals surface area contributed by atoms with Crippen molar-refractivity contribution >= 4 is 34.6 Å². The molecule has 0 spiro atoms. The summed E-state index contributed by atoms with van der Waals surface area (Å²) < 4.78 is 0. The van der Waals surface area contributed by atoms with Crippen LogP contribution >= 0.6 is 0 Å². The molecule has 11 nitrogen and oxygen atoms in total. The van der Waals surface area contributed by atoms with Crippen molar-refractivity contribution in [3.63, 3.8) is 0 Å². The summed E-state index contributed by atoms with van der Waals surface area (Å²) in [6.07, 6.45) is 2.38. The summed E-state index contributed by atoms with van der Waals surface area (Å²) in [7, 11) is 0. The number of fused-ring (bicyclic) bond motifs is 1. The first-order valence-electron chi connectivity index (χ1n) is 14.1. The van der Waals surface area contributed by atoms with Crippen LogP contribution in [0.5, 0.6) is 5.75 Å². The highest BCUT2D eigenvalue weighted by atomic mass is 16.4. The standard InChI is InChI=1S/C31H41N5O6/c1-17(2)13-25(34-28(38)23(32)15-20-16-33-24-8-6-5-7-22(20)24)29(39)35-26(14-19-9-11-21(37)12-10-19)30(40)36-27(18(3)4)31(41)42/h5-12,16-18,23,25-27,33,37H,13-15,32H2,1-4H3,(H,34,38)(H,35,39)(H,36,40)(H,41,42). The Morgan fingerprint density at radius 2 is 1.45 bits per heavy atom. The van der Waals surface area contributed by atoms with E-state index in [1.165, 1.54) is 12.1 Å². The number of para-hydroxylation sites is 1. The molecule has 8 N–H and O–H groups in total. The Labute approximate surface area is 245 Å². The molecule has 226 valence electrons. The summed E-state index contributed by atoms with van der Waals surface area (Å²) in [6.45, 7) is 7.14. The van der Waals surface area contributed by atoms with Crippen LogP contribution in [0.3, 0.4) is 0 Å². The molecule has 4 unspecified atom stereocenters. The fourth-order valence-corrected chi connectivity index (χ4v) is 4.73. The van der Waals surface area contributed by atoms with Crippen LogP contribution in [0.2, 0.25) is 0 Å². The fraction of sp³-hybridized carbons (Fsp3) is 0.419. The second-order valence-electron chi connectivity index (χ2n) is 11.4. The second-order valence-corrected chi connectivity index (χ2v) is 11.4. The van der Waals surface area contributed by atoms with Crippen LogP contribution in [0.4, 0.5) is 0 Å². The number of benzene rings is 2. The predicted octanol–water partition coefficient (Wildman–Crippen LogP) is 2.23. The number of nitrogens with two attached hydrogens (primary N) is 1. The maximum Gasteiger partial charge on any atom is 0.326 e. The lowest BCUT2D eigenvalue weighted by Crippen LogP contribution is -2.58. The molecular formula is C31H41N5O6. The second kappa shape index (κ2) is 14.5. The largest absolute Gasteiger partial charge is 0.508 e. The number of phenols is 1. The summed E-state index contributed by atoms with van der Waals surface area (Å²) in [4.78, 5) is 54.8. The monoisotopic (exact) mass is 579 g/mol. The van der Waals surface area contributed by atoms with Gasteiger partial charge in [-0.3, -0.25) is 14.4 Å². The van der Waals surface area contributed by atoms with Gasteiger partial charge in [-0.1, -0.05) is 58.0 Å². The van der Waals surface area contributed by atoms with Crippen LogP contribution in [0.25, 0.3) is 10.9 Å². The van der Waals surface area contributed by atoms with Crippen LogP contribution in [0.15, 0.2) is 54.7 Å². The molecule has 42 heavy (non-hydrogen) atoms. The van der Waals surface area contributed by atoms with E-state index in [1.54, 1.807) is 26.0 Å². The smallest absolute Gasteiger partial charge is 0.326 e. The lowest BCUT2D eigenvalue weighted by molar-refractivity contribution is -0.143. The van der Waals surface area contributed by atoms with Crippen molar-refractivity contribution in [2.75, 3.05) is 0 Å². The first-order chi connectivity index (χ1) is 19.8. The summed E-state index contributed by atoms with van der Waals surface area (Å²) in [5, 5.41) is 28.2. The van der Waals surface area contributed by atoms with Crippen molar-refractivity contribution in [1.29, 1.82) is 0 Å². The molecule has 1 aromatic heterocycles. The van der Waals surface area contributed by atoms with E-state index in [0.717, 1.165) is 16.5 Å². The number of carboxylic acid groups (broad SMARTS) is 1. The highest BCUT2D eigenvalue weighted by Gasteiger charge is 2.32. The third-order valence-corrected chi connectivity index (χ3v) is 7.03. The first kappa shape index (κ1) is 32.1. The number of aliphatic carboxylic acids is 1. The van der Waals surface area contributed by atoms with Crippen molar-refractivity contribution in [3.05, 3.63) is 65.9 Å². The van der Waals surface area contributed by atoms with Gasteiger partial charge in [0.15, 0.2) is 0 Å². The zero-order valence-corrected chi connectivity index (χ0v) is 24.4. The van der Waals surface area contributed by atoms with Gasteiger partial charge in [0.1, 0.15) is 23.9 Å². The van der Waals surface area contributed by atoms with Crippen LogP contribution in [0, 0.1) is 11.8 Å². The quantitative estimate of drug-likeness (QED) is 0.152. The molecule has 0 aliphatic heterocycles. The van der Waals surface area contributed by atoms with Crippen LogP contribution < -0.4 is 21.7 Å². The summed E-state index contributed by atoms with van der Waals surface area (Å²) in [5.74, 6) is -3.31. The van der Waals surface area contributed by atoms with Crippen LogP contribution in [-0.2, 0) is 32.0 Å². The van der Waals surface area contributed by atoms with Crippen molar-refractivity contribution < 1.29 is 29.4 Å².